The van der Waals surface area contributed by atoms with Crippen LogP contribution in [0.5, 0.6) is 0 Å². The summed E-state index contributed by atoms with van der Waals surface area (Å²) >= 11 is 0. The van der Waals surface area contributed by atoms with Gasteiger partial charge in [-0.15, -0.1) is 0 Å². The fourth-order valence-corrected chi connectivity index (χ4v) is 15.6. The number of aromatic nitrogens is 5. The van der Waals surface area contributed by atoms with E-state index < -0.39 is 0 Å². The molecular formula is C86H58N6. The van der Waals surface area contributed by atoms with Gasteiger partial charge in [0, 0.05) is 66.7 Å². The second-order valence-corrected chi connectivity index (χ2v) is 24.8. The summed E-state index contributed by atoms with van der Waals surface area (Å²) in [5, 5.41) is 7.45. The zero-order valence-corrected chi connectivity index (χ0v) is 50.4. The maximum absolute atomic E-state index is 5.63. The molecule has 6 nitrogen and oxygen atoms in total. The Hall–Kier alpha value is -11.9. The highest BCUT2D eigenvalue weighted by Crippen LogP contribution is 2.49. The summed E-state index contributed by atoms with van der Waals surface area (Å²) < 4.78 is 7.15. The van der Waals surface area contributed by atoms with Crippen LogP contribution in [0.25, 0.3) is 149 Å². The van der Waals surface area contributed by atoms with Crippen molar-refractivity contribution in [2.45, 2.75) is 18.9 Å². The molecule has 19 rings (SSSR count). The maximum atomic E-state index is 5.63. The van der Waals surface area contributed by atoms with E-state index in [9.17, 15) is 0 Å². The molecule has 1 aliphatic heterocycles. The molecule has 17 aromatic rings. The highest BCUT2D eigenvalue weighted by atomic mass is 15.2. The monoisotopic (exact) mass is 1170 g/mol. The van der Waals surface area contributed by atoms with E-state index >= 15 is 0 Å². The molecule has 4 aromatic heterocycles. The lowest BCUT2D eigenvalue weighted by Gasteiger charge is -2.45. The van der Waals surface area contributed by atoms with Crippen LogP contribution in [0.3, 0.4) is 0 Å². The lowest BCUT2D eigenvalue weighted by Crippen LogP contribution is -2.42. The molecule has 92 heavy (non-hydrogen) atoms. The molecule has 0 fully saturated rings. The van der Waals surface area contributed by atoms with Crippen LogP contribution in [-0.2, 0) is 0 Å². The largest absolute Gasteiger partial charge is 0.334 e. The van der Waals surface area contributed by atoms with E-state index in [0.717, 1.165) is 83.6 Å². The Kier molecular flexibility index (Phi) is 11.7. The van der Waals surface area contributed by atoms with Gasteiger partial charge in [-0.3, -0.25) is 0 Å². The van der Waals surface area contributed by atoms with E-state index in [1.54, 1.807) is 0 Å². The Morgan fingerprint density at radius 2 is 0.565 bits per heavy atom. The van der Waals surface area contributed by atoms with Crippen molar-refractivity contribution in [1.29, 1.82) is 0 Å². The number of rotatable bonds is 8. The summed E-state index contributed by atoms with van der Waals surface area (Å²) in [7, 11) is 0. The fraction of sp³-hybridized carbons (Fsp3) is 0.0465. The van der Waals surface area contributed by atoms with Crippen LogP contribution in [0.2, 0.25) is 0 Å². The SMILES string of the molecule is C[C@H]1c2ccccc2N(c2ccc(-c3cc4nc5cc(-c6ccc(-n7c8ccccc8c8ccccc87)cc6)c(-c6ccc(-n7c8ccccc8c8ccccc87)cc6)cc5nc4cc3-c3ccc(-n4c5ccccc5c5ccccc54)cc3)cc2)C2C=CC=CC21. The zero-order valence-electron chi connectivity index (χ0n) is 50.4. The highest BCUT2D eigenvalue weighted by Gasteiger charge is 2.38. The zero-order chi connectivity index (χ0) is 60.5. The Labute approximate surface area is 531 Å². The third-order valence-electron chi connectivity index (χ3n) is 19.9. The van der Waals surface area contributed by atoms with E-state index in [-0.39, 0.29) is 6.04 Å². The first-order chi connectivity index (χ1) is 45.5. The molecule has 0 saturated heterocycles. The van der Waals surface area contributed by atoms with Crippen molar-refractivity contribution < 1.29 is 0 Å². The van der Waals surface area contributed by atoms with Crippen molar-refractivity contribution in [3.63, 3.8) is 0 Å². The molecule has 0 N–H and O–H groups in total. The van der Waals surface area contributed by atoms with E-state index in [1.807, 2.05) is 0 Å². The van der Waals surface area contributed by atoms with Crippen molar-refractivity contribution in [3.8, 4) is 61.6 Å². The molecule has 2 aliphatic rings. The smallest absolute Gasteiger partial charge is 0.0901 e. The highest BCUT2D eigenvalue weighted by molar-refractivity contribution is 6.12. The van der Waals surface area contributed by atoms with E-state index in [0.29, 0.717) is 11.8 Å². The van der Waals surface area contributed by atoms with Gasteiger partial charge in [0.1, 0.15) is 0 Å². The first-order valence-electron chi connectivity index (χ1n) is 31.9. The average molecular weight is 1180 g/mol. The Morgan fingerprint density at radius 3 is 0.902 bits per heavy atom. The Balaban J connectivity index is 0.781. The predicted octanol–water partition coefficient (Wildman–Crippen LogP) is 22.1. The van der Waals surface area contributed by atoms with Gasteiger partial charge in [0.2, 0.25) is 0 Å². The second kappa shape index (κ2) is 20.6. The molecule has 5 heterocycles. The minimum Gasteiger partial charge on any atom is -0.334 e. The molecule has 0 radical (unpaired) electrons. The van der Waals surface area contributed by atoms with Crippen LogP contribution in [-0.4, -0.2) is 29.7 Å². The van der Waals surface area contributed by atoms with Gasteiger partial charge in [0.25, 0.3) is 0 Å². The minimum absolute atomic E-state index is 0.206. The van der Waals surface area contributed by atoms with Crippen LogP contribution < -0.4 is 4.90 Å². The van der Waals surface area contributed by atoms with Crippen molar-refractivity contribution >= 4 is 98.9 Å². The number of fused-ring (bicyclic) bond motifs is 13. The molecule has 1 aliphatic carbocycles. The summed E-state index contributed by atoms with van der Waals surface area (Å²) in [6.45, 7) is 2.38. The van der Waals surface area contributed by atoms with Gasteiger partial charge < -0.3 is 18.6 Å². The Morgan fingerprint density at radius 1 is 0.283 bits per heavy atom. The minimum atomic E-state index is 0.206. The summed E-state index contributed by atoms with van der Waals surface area (Å²) in [5.41, 5.74) is 26.3. The van der Waals surface area contributed by atoms with Crippen LogP contribution in [0.4, 0.5) is 11.4 Å². The standard InChI is InChI=1S/C86H58N6/c1-54-63-18-2-10-26-79(63)89(80-27-11-3-19-64(54)80)59-42-34-55(35-43-59)71-50-75-76(51-72(71)56-36-44-60(45-37-56)90-81-28-12-4-20-65(81)66-21-5-13-29-82(66)90)88-78-53-74(58-40-48-62(49-41-58)92-85-32-16-8-24-69(85)70-25-9-17-33-86(70)92)73(52-77(78)87-75)57-38-46-61(47-39-57)91-83-30-14-6-22-67(83)68-23-7-15-31-84(68)91/h2-54,63,79H,1H3/t54-,63?,79?/m1/s1. The van der Waals surface area contributed by atoms with Gasteiger partial charge in [-0.1, -0.05) is 207 Å². The number of para-hydroxylation sites is 7. The molecule has 2 unspecified atom stereocenters. The van der Waals surface area contributed by atoms with Crippen LogP contribution in [0.1, 0.15) is 18.4 Å². The van der Waals surface area contributed by atoms with E-state index in [2.05, 4.69) is 341 Å². The number of nitrogens with zero attached hydrogens (tertiary/aromatic N) is 6. The summed E-state index contributed by atoms with van der Waals surface area (Å²) in [6, 6.07) is 107. The van der Waals surface area contributed by atoms with E-state index in [1.165, 1.54) is 82.4 Å². The first kappa shape index (κ1) is 52.1. The third kappa shape index (κ3) is 8.06. The van der Waals surface area contributed by atoms with E-state index in [4.69, 9.17) is 9.97 Å². The lowest BCUT2D eigenvalue weighted by atomic mass is 9.75. The first-order valence-corrected chi connectivity index (χ1v) is 31.9. The fourth-order valence-electron chi connectivity index (χ4n) is 15.6. The molecule has 0 bridgehead atoms. The average Bonchev–Trinajstić information content (AvgIpc) is 1.36. The lowest BCUT2D eigenvalue weighted by molar-refractivity contribution is 0.459. The topological polar surface area (TPSA) is 43.8 Å². The predicted molar refractivity (Wildman–Crippen MR) is 384 cm³/mol. The third-order valence-corrected chi connectivity index (χ3v) is 19.9. The van der Waals surface area contributed by atoms with Crippen LogP contribution in [0.15, 0.2) is 315 Å². The number of allylic oxidation sites excluding steroid dienone is 2. The van der Waals surface area contributed by atoms with Gasteiger partial charge in [-0.05, 0) is 171 Å². The molecule has 13 aromatic carbocycles. The van der Waals surface area contributed by atoms with Crippen molar-refractivity contribution in [3.05, 3.63) is 321 Å². The molecule has 6 heteroatoms. The summed E-state index contributed by atoms with van der Waals surface area (Å²) in [6.07, 6.45) is 9.19. The molecular weight excluding hydrogens is 1120 g/mol. The van der Waals surface area contributed by atoms with Gasteiger partial charge >= 0.3 is 0 Å². The molecule has 3 atom stereocenters. The maximum Gasteiger partial charge on any atom is 0.0901 e. The number of hydrogen-bond donors (Lipinski definition) is 0. The number of anilines is 2. The Bertz CT molecular complexity index is 5740. The van der Waals surface area contributed by atoms with Gasteiger partial charge in [-0.25, -0.2) is 9.97 Å². The van der Waals surface area contributed by atoms with Crippen molar-refractivity contribution in [1.82, 2.24) is 23.7 Å². The second-order valence-electron chi connectivity index (χ2n) is 24.8. The van der Waals surface area contributed by atoms with Crippen LogP contribution in [0, 0.1) is 5.92 Å². The van der Waals surface area contributed by atoms with Crippen molar-refractivity contribution in [2.24, 2.45) is 5.92 Å². The van der Waals surface area contributed by atoms with Crippen LogP contribution >= 0.6 is 0 Å². The molecule has 0 amide bonds. The van der Waals surface area contributed by atoms with Gasteiger partial charge in [-0.2, -0.15) is 0 Å². The normalized spacial score (nSPS) is 15.4. The summed E-state index contributed by atoms with van der Waals surface area (Å²) in [4.78, 5) is 13.8. The van der Waals surface area contributed by atoms with Gasteiger partial charge in [0.15, 0.2) is 0 Å². The summed E-state index contributed by atoms with van der Waals surface area (Å²) in [5.74, 6) is 0.762. The van der Waals surface area contributed by atoms with Crippen molar-refractivity contribution in [2.75, 3.05) is 4.90 Å². The molecule has 0 saturated carbocycles. The quantitative estimate of drug-likeness (QED) is 0.142. The number of hydrogen-bond acceptors (Lipinski definition) is 3. The molecule has 432 valence electrons. The number of benzene rings is 13. The molecule has 0 spiro atoms. The van der Waals surface area contributed by atoms with Gasteiger partial charge in [0.05, 0.1) is 61.2 Å².